The van der Waals surface area contributed by atoms with Gasteiger partial charge in [0.15, 0.2) is 0 Å². The quantitative estimate of drug-likeness (QED) is 0.872. The second-order valence-corrected chi connectivity index (χ2v) is 4.49. The molecule has 2 heterocycles. The van der Waals surface area contributed by atoms with Crippen molar-refractivity contribution in [2.24, 2.45) is 0 Å². The highest BCUT2D eigenvalue weighted by atomic mass is 35.5. The molecule has 3 rings (SSSR count). The second kappa shape index (κ2) is 6.19. The molecule has 0 N–H and O–H groups in total. The van der Waals surface area contributed by atoms with Gasteiger partial charge in [-0.05, 0) is 25.0 Å². The van der Waals surface area contributed by atoms with Crippen molar-refractivity contribution in [3.8, 4) is 11.4 Å². The summed E-state index contributed by atoms with van der Waals surface area (Å²) in [5.41, 5.74) is 0.593. The van der Waals surface area contributed by atoms with Gasteiger partial charge < -0.3 is 14.2 Å². The summed E-state index contributed by atoms with van der Waals surface area (Å²) in [7, 11) is 1.85. The molecule has 5 nitrogen and oxygen atoms in total. The van der Waals surface area contributed by atoms with Crippen LogP contribution >= 0.6 is 12.4 Å². The lowest BCUT2D eigenvalue weighted by Gasteiger charge is -2.20. The van der Waals surface area contributed by atoms with E-state index in [1.54, 1.807) is 12.1 Å². The number of benzene rings is 1. The van der Waals surface area contributed by atoms with Crippen LogP contribution in [0.1, 0.15) is 12.8 Å². The fourth-order valence-corrected chi connectivity index (χ4v) is 2.09. The van der Waals surface area contributed by atoms with Gasteiger partial charge in [-0.2, -0.15) is 4.98 Å². The third-order valence-corrected chi connectivity index (χ3v) is 3.14. The summed E-state index contributed by atoms with van der Waals surface area (Å²) in [6, 6.07) is 6.49. The lowest BCUT2D eigenvalue weighted by Crippen LogP contribution is -2.30. The van der Waals surface area contributed by atoms with Gasteiger partial charge >= 0.3 is 6.01 Å². The molecule has 0 radical (unpaired) electrons. The molecule has 20 heavy (non-hydrogen) atoms. The molecular weight excluding hydrogens is 285 g/mol. The zero-order valence-corrected chi connectivity index (χ0v) is 11.8. The Balaban J connectivity index is 0.00000147. The highest BCUT2D eigenvalue weighted by Crippen LogP contribution is 2.24. The summed E-state index contributed by atoms with van der Waals surface area (Å²) in [6.45, 7) is 0.750. The van der Waals surface area contributed by atoms with Crippen molar-refractivity contribution in [3.05, 3.63) is 30.1 Å². The summed E-state index contributed by atoms with van der Waals surface area (Å²) in [4.78, 5) is 6.08. The van der Waals surface area contributed by atoms with Crippen molar-refractivity contribution in [2.45, 2.75) is 19.1 Å². The number of ether oxygens (including phenoxy) is 1. The minimum Gasteiger partial charge on any atom is -0.358 e. The van der Waals surface area contributed by atoms with E-state index in [0.29, 0.717) is 17.4 Å². The van der Waals surface area contributed by atoms with Gasteiger partial charge in [0.2, 0.25) is 5.82 Å². The van der Waals surface area contributed by atoms with Gasteiger partial charge in [0.05, 0.1) is 0 Å². The van der Waals surface area contributed by atoms with E-state index in [0.717, 1.165) is 19.4 Å². The first-order chi connectivity index (χ1) is 9.24. The van der Waals surface area contributed by atoms with Gasteiger partial charge in [0.1, 0.15) is 12.0 Å². The Morgan fingerprint density at radius 2 is 2.25 bits per heavy atom. The van der Waals surface area contributed by atoms with Crippen LogP contribution in [-0.2, 0) is 4.74 Å². The van der Waals surface area contributed by atoms with E-state index in [1.165, 1.54) is 12.1 Å². The number of hydrogen-bond acceptors (Lipinski definition) is 5. The minimum absolute atomic E-state index is 0. The number of aromatic nitrogens is 2. The van der Waals surface area contributed by atoms with Crippen LogP contribution in [-0.4, -0.2) is 30.0 Å². The first-order valence-corrected chi connectivity index (χ1v) is 6.18. The summed E-state index contributed by atoms with van der Waals surface area (Å²) in [5, 5.41) is 3.87. The Labute approximate surface area is 122 Å². The first-order valence-electron chi connectivity index (χ1n) is 6.18. The molecule has 1 unspecified atom stereocenters. The summed E-state index contributed by atoms with van der Waals surface area (Å²) >= 11 is 0. The van der Waals surface area contributed by atoms with Gasteiger partial charge in [0.25, 0.3) is 0 Å². The standard InChI is InChI=1S/C13H14FN3O2.ClH/c1-17(11-6-3-7-18-11)13-15-12(16-19-13)9-4-2-5-10(14)8-9;/h2,4-5,8,11H,3,6-7H2,1H3;1H. The number of nitrogens with zero attached hydrogens (tertiary/aromatic N) is 3. The molecule has 2 aromatic rings. The van der Waals surface area contributed by atoms with Gasteiger partial charge in [-0.15, -0.1) is 12.4 Å². The van der Waals surface area contributed by atoms with Crippen LogP contribution in [0, 0.1) is 5.82 Å². The fourth-order valence-electron chi connectivity index (χ4n) is 2.09. The third kappa shape index (κ3) is 2.91. The Hall–Kier alpha value is -1.66. The monoisotopic (exact) mass is 299 g/mol. The van der Waals surface area contributed by atoms with Crippen LogP contribution in [0.15, 0.2) is 28.8 Å². The molecular formula is C13H15ClFN3O2. The van der Waals surface area contributed by atoms with E-state index in [4.69, 9.17) is 9.26 Å². The smallest absolute Gasteiger partial charge is 0.326 e. The summed E-state index contributed by atoms with van der Waals surface area (Å²) in [6.07, 6.45) is 1.94. The molecule has 1 atom stereocenters. The largest absolute Gasteiger partial charge is 0.358 e. The molecule has 1 aromatic heterocycles. The Kier molecular flexibility index (Phi) is 4.57. The van der Waals surface area contributed by atoms with Crippen molar-refractivity contribution in [1.29, 1.82) is 0 Å². The van der Waals surface area contributed by atoms with Crippen molar-refractivity contribution < 1.29 is 13.7 Å². The highest BCUT2D eigenvalue weighted by Gasteiger charge is 2.24. The van der Waals surface area contributed by atoms with Gasteiger partial charge in [-0.1, -0.05) is 17.3 Å². The normalized spacial score (nSPS) is 17.8. The molecule has 108 valence electrons. The fraction of sp³-hybridized carbons (Fsp3) is 0.385. The Morgan fingerprint density at radius 1 is 1.40 bits per heavy atom. The molecule has 0 spiro atoms. The zero-order valence-electron chi connectivity index (χ0n) is 11.0. The molecule has 1 aromatic carbocycles. The van der Waals surface area contributed by atoms with E-state index in [9.17, 15) is 4.39 Å². The highest BCUT2D eigenvalue weighted by molar-refractivity contribution is 5.85. The molecule has 1 aliphatic heterocycles. The van der Waals surface area contributed by atoms with Crippen LogP contribution in [0.25, 0.3) is 11.4 Å². The number of hydrogen-bond donors (Lipinski definition) is 0. The van der Waals surface area contributed by atoms with Crippen molar-refractivity contribution >= 4 is 18.4 Å². The van der Waals surface area contributed by atoms with E-state index < -0.39 is 0 Å². The average Bonchev–Trinajstić information content (AvgIpc) is 3.10. The maximum Gasteiger partial charge on any atom is 0.326 e. The number of halogens is 2. The van der Waals surface area contributed by atoms with Gasteiger partial charge in [-0.25, -0.2) is 4.39 Å². The van der Waals surface area contributed by atoms with E-state index in [-0.39, 0.29) is 24.5 Å². The summed E-state index contributed by atoms with van der Waals surface area (Å²) in [5.74, 6) is 0.0516. The van der Waals surface area contributed by atoms with Crippen LogP contribution in [0.4, 0.5) is 10.4 Å². The van der Waals surface area contributed by atoms with Crippen LogP contribution in [0.3, 0.4) is 0 Å². The molecule has 7 heteroatoms. The number of rotatable bonds is 3. The molecule has 0 amide bonds. The molecule has 0 bridgehead atoms. The molecule has 1 fully saturated rings. The minimum atomic E-state index is -0.323. The maximum absolute atomic E-state index is 13.1. The van der Waals surface area contributed by atoms with E-state index in [2.05, 4.69) is 10.1 Å². The van der Waals surface area contributed by atoms with E-state index >= 15 is 0 Å². The molecule has 0 saturated carbocycles. The average molecular weight is 300 g/mol. The molecule has 1 saturated heterocycles. The molecule has 1 aliphatic rings. The SMILES string of the molecule is CN(c1nc(-c2cccc(F)c2)no1)C1CCCO1.Cl. The van der Waals surface area contributed by atoms with Crippen LogP contribution in [0.5, 0.6) is 0 Å². The summed E-state index contributed by atoms with van der Waals surface area (Å²) < 4.78 is 23.9. The topological polar surface area (TPSA) is 51.4 Å². The lowest BCUT2D eigenvalue weighted by atomic mass is 10.2. The van der Waals surface area contributed by atoms with Gasteiger partial charge in [-0.3, -0.25) is 0 Å². The lowest BCUT2D eigenvalue weighted by molar-refractivity contribution is 0.107. The van der Waals surface area contributed by atoms with Crippen LogP contribution in [0.2, 0.25) is 0 Å². The Bertz CT molecular complexity index is 572. The van der Waals surface area contributed by atoms with Gasteiger partial charge in [0, 0.05) is 19.2 Å². The Morgan fingerprint density at radius 3 is 2.95 bits per heavy atom. The van der Waals surface area contributed by atoms with Crippen molar-refractivity contribution in [3.63, 3.8) is 0 Å². The van der Waals surface area contributed by atoms with Crippen molar-refractivity contribution in [1.82, 2.24) is 10.1 Å². The maximum atomic E-state index is 13.1. The molecule has 0 aliphatic carbocycles. The zero-order chi connectivity index (χ0) is 13.2. The predicted molar refractivity (Wildman–Crippen MR) is 74.3 cm³/mol. The first kappa shape index (κ1) is 14.7. The third-order valence-electron chi connectivity index (χ3n) is 3.14. The van der Waals surface area contributed by atoms with Crippen molar-refractivity contribution in [2.75, 3.05) is 18.6 Å². The number of anilines is 1. The van der Waals surface area contributed by atoms with Crippen LogP contribution < -0.4 is 4.90 Å². The van der Waals surface area contributed by atoms with E-state index in [1.807, 2.05) is 11.9 Å². The second-order valence-electron chi connectivity index (χ2n) is 4.49. The predicted octanol–water partition coefficient (Wildman–Crippen LogP) is 2.87.